The van der Waals surface area contributed by atoms with Crippen LogP contribution in [0.5, 0.6) is 17.2 Å². The average Bonchev–Trinajstić information content (AvgIpc) is 2.84. The summed E-state index contributed by atoms with van der Waals surface area (Å²) >= 11 is 0. The fourth-order valence-electron chi connectivity index (χ4n) is 3.46. The quantitative estimate of drug-likeness (QED) is 0.216. The van der Waals surface area contributed by atoms with Gasteiger partial charge in [0.25, 0.3) is 0 Å². The van der Waals surface area contributed by atoms with Gasteiger partial charge < -0.3 is 14.2 Å². The zero-order valence-electron chi connectivity index (χ0n) is 19.4. The van der Waals surface area contributed by atoms with Crippen LogP contribution in [-0.4, -0.2) is 18.5 Å². The molecule has 3 aromatic rings. The molecule has 0 spiro atoms. The molecule has 3 aromatic carbocycles. The van der Waals surface area contributed by atoms with E-state index in [0.29, 0.717) is 22.6 Å². The lowest BCUT2D eigenvalue weighted by Gasteiger charge is -2.22. The molecule has 2 atom stereocenters. The molecule has 0 saturated carbocycles. The summed E-state index contributed by atoms with van der Waals surface area (Å²) in [4.78, 5) is 13.1. The highest BCUT2D eigenvalue weighted by molar-refractivity contribution is 5.79. The van der Waals surface area contributed by atoms with Crippen LogP contribution in [0.15, 0.2) is 78.9 Å². The fraction of sp³-hybridized carbons (Fsp3) is 0.259. The van der Waals surface area contributed by atoms with Crippen molar-refractivity contribution in [2.24, 2.45) is 5.92 Å². The number of halogens is 4. The highest BCUT2D eigenvalue weighted by Crippen LogP contribution is 2.33. The van der Waals surface area contributed by atoms with Gasteiger partial charge in [0, 0.05) is 5.56 Å². The Hall–Kier alpha value is -4.06. The van der Waals surface area contributed by atoms with Crippen LogP contribution in [0.1, 0.15) is 37.0 Å². The molecule has 0 aliphatic carbocycles. The maximum Gasteiger partial charge on any atom is 0.461 e. The monoisotopic (exact) mass is 501 g/mol. The van der Waals surface area contributed by atoms with Crippen molar-refractivity contribution in [3.63, 3.8) is 0 Å². The second-order valence-electron chi connectivity index (χ2n) is 8.19. The maximum atomic E-state index is 13.2. The molecule has 9 heteroatoms. The molecular weight excluding hydrogens is 478 g/mol. The van der Waals surface area contributed by atoms with E-state index in [-0.39, 0.29) is 5.92 Å². The van der Waals surface area contributed by atoms with E-state index in [9.17, 15) is 27.6 Å². The lowest BCUT2D eigenvalue weighted by atomic mass is 9.88. The summed E-state index contributed by atoms with van der Waals surface area (Å²) in [6.07, 6.45) is -9.86. The molecule has 0 aromatic heterocycles. The second-order valence-corrected chi connectivity index (χ2v) is 8.19. The van der Waals surface area contributed by atoms with Crippen molar-refractivity contribution >= 4 is 5.97 Å². The number of benzene rings is 3. The number of nitrogens with zero attached hydrogens (tertiary/aromatic N) is 1. The van der Waals surface area contributed by atoms with Crippen molar-refractivity contribution in [1.82, 2.24) is 0 Å². The van der Waals surface area contributed by atoms with E-state index in [1.165, 1.54) is 12.1 Å². The number of nitriles is 1. The average molecular weight is 501 g/mol. The summed E-state index contributed by atoms with van der Waals surface area (Å²) in [6.45, 7) is 3.49. The van der Waals surface area contributed by atoms with Crippen LogP contribution in [0.2, 0.25) is 0 Å². The number of esters is 1. The zero-order valence-corrected chi connectivity index (χ0v) is 19.4. The molecule has 3 rings (SSSR count). The van der Waals surface area contributed by atoms with Crippen LogP contribution in [0.25, 0.3) is 0 Å². The van der Waals surface area contributed by atoms with E-state index in [2.05, 4.69) is 4.74 Å². The van der Waals surface area contributed by atoms with Gasteiger partial charge >= 0.3 is 18.5 Å². The standard InChI is InChI=1S/C27H23F4NO4/c1-17(2)24(18-11-13-21(14-12-18)36-27(30,31)26(28)29)25(33)35-23(16-32)19-7-6-10-22(15-19)34-20-8-4-3-5-9-20/h3-15,17,23-24,26H,1-2H3. The van der Waals surface area contributed by atoms with Gasteiger partial charge in [-0.15, -0.1) is 0 Å². The molecule has 0 aliphatic heterocycles. The first-order valence-corrected chi connectivity index (χ1v) is 11.0. The molecule has 36 heavy (non-hydrogen) atoms. The Kier molecular flexibility index (Phi) is 8.54. The second kappa shape index (κ2) is 11.6. The van der Waals surface area contributed by atoms with Gasteiger partial charge in [0.05, 0.1) is 5.92 Å². The third-order valence-corrected chi connectivity index (χ3v) is 5.16. The van der Waals surface area contributed by atoms with Crippen molar-refractivity contribution < 1.29 is 36.6 Å². The van der Waals surface area contributed by atoms with Crippen LogP contribution in [-0.2, 0) is 9.53 Å². The molecular formula is C27H23F4NO4. The predicted molar refractivity (Wildman–Crippen MR) is 123 cm³/mol. The summed E-state index contributed by atoms with van der Waals surface area (Å²) < 4.78 is 66.4. The highest BCUT2D eigenvalue weighted by Gasteiger charge is 2.44. The molecule has 0 amide bonds. The SMILES string of the molecule is CC(C)C(C(=O)OC(C#N)c1cccc(Oc2ccccc2)c1)c1ccc(OC(F)(F)C(F)F)cc1. The number of carbonyl (C=O) groups excluding carboxylic acids is 1. The number of ether oxygens (including phenoxy) is 3. The number of hydrogen-bond acceptors (Lipinski definition) is 5. The van der Waals surface area contributed by atoms with Crippen molar-refractivity contribution in [2.45, 2.75) is 38.4 Å². The van der Waals surface area contributed by atoms with Crippen molar-refractivity contribution in [3.05, 3.63) is 90.0 Å². The first kappa shape index (κ1) is 26.5. The molecule has 2 unspecified atom stereocenters. The predicted octanol–water partition coefficient (Wildman–Crippen LogP) is 7.26. The first-order chi connectivity index (χ1) is 17.1. The van der Waals surface area contributed by atoms with Gasteiger partial charge in [0.2, 0.25) is 6.10 Å². The van der Waals surface area contributed by atoms with Gasteiger partial charge in [0.1, 0.15) is 23.3 Å². The molecule has 0 aliphatic rings. The number of carbonyl (C=O) groups is 1. The van der Waals surface area contributed by atoms with Gasteiger partial charge in [0.15, 0.2) is 0 Å². The van der Waals surface area contributed by atoms with Gasteiger partial charge in [-0.1, -0.05) is 56.3 Å². The number of para-hydroxylation sites is 1. The van der Waals surface area contributed by atoms with Crippen molar-refractivity contribution in [2.75, 3.05) is 0 Å². The third-order valence-electron chi connectivity index (χ3n) is 5.16. The fourth-order valence-corrected chi connectivity index (χ4v) is 3.46. The zero-order chi connectivity index (χ0) is 26.3. The Morgan fingerprint density at radius 2 is 1.50 bits per heavy atom. The van der Waals surface area contributed by atoms with Crippen molar-refractivity contribution in [1.29, 1.82) is 5.26 Å². The van der Waals surface area contributed by atoms with E-state index in [1.807, 2.05) is 24.3 Å². The Morgan fingerprint density at radius 3 is 2.08 bits per heavy atom. The van der Waals surface area contributed by atoms with Gasteiger partial charge in [-0.05, 0) is 47.9 Å². The van der Waals surface area contributed by atoms with E-state index in [1.54, 1.807) is 50.2 Å². The molecule has 5 nitrogen and oxygen atoms in total. The van der Waals surface area contributed by atoms with E-state index < -0.39 is 36.3 Å². The number of hydrogen-bond donors (Lipinski definition) is 0. The summed E-state index contributed by atoms with van der Waals surface area (Å²) in [6, 6.07) is 22.3. The Bertz CT molecular complexity index is 1190. The normalized spacial score (nSPS) is 13.1. The smallest absolute Gasteiger partial charge is 0.457 e. The summed E-state index contributed by atoms with van der Waals surface area (Å²) in [5.41, 5.74) is 0.792. The highest BCUT2D eigenvalue weighted by atomic mass is 19.3. The van der Waals surface area contributed by atoms with Crippen molar-refractivity contribution in [3.8, 4) is 23.3 Å². The first-order valence-electron chi connectivity index (χ1n) is 11.0. The van der Waals surface area contributed by atoms with Gasteiger partial charge in [-0.25, -0.2) is 0 Å². The Balaban J connectivity index is 1.75. The lowest BCUT2D eigenvalue weighted by Crippen LogP contribution is -2.33. The minimum atomic E-state index is -4.64. The van der Waals surface area contributed by atoms with Crippen LogP contribution < -0.4 is 9.47 Å². The molecule has 0 heterocycles. The van der Waals surface area contributed by atoms with E-state index in [4.69, 9.17) is 9.47 Å². The third kappa shape index (κ3) is 6.75. The molecule has 0 N–H and O–H groups in total. The molecule has 0 bridgehead atoms. The molecule has 0 fully saturated rings. The van der Waals surface area contributed by atoms with Crippen LogP contribution in [0.3, 0.4) is 0 Å². The minimum absolute atomic E-state index is 0.293. The summed E-state index contributed by atoms with van der Waals surface area (Å²) in [7, 11) is 0. The molecule has 0 saturated heterocycles. The lowest BCUT2D eigenvalue weighted by molar-refractivity contribution is -0.253. The maximum absolute atomic E-state index is 13.2. The van der Waals surface area contributed by atoms with Gasteiger partial charge in [-0.2, -0.15) is 22.8 Å². The minimum Gasteiger partial charge on any atom is -0.457 e. The van der Waals surface area contributed by atoms with E-state index >= 15 is 0 Å². The Labute approximate surface area is 205 Å². The summed E-state index contributed by atoms with van der Waals surface area (Å²) in [5, 5.41) is 9.67. The van der Waals surface area contributed by atoms with Crippen LogP contribution in [0.4, 0.5) is 17.6 Å². The van der Waals surface area contributed by atoms with Crippen LogP contribution >= 0.6 is 0 Å². The molecule has 188 valence electrons. The topological polar surface area (TPSA) is 68.6 Å². The number of rotatable bonds is 10. The largest absolute Gasteiger partial charge is 0.461 e. The van der Waals surface area contributed by atoms with Gasteiger partial charge in [-0.3, -0.25) is 4.79 Å². The Morgan fingerprint density at radius 1 is 0.861 bits per heavy atom. The van der Waals surface area contributed by atoms with Crippen LogP contribution in [0, 0.1) is 17.2 Å². The molecule has 0 radical (unpaired) electrons. The summed E-state index contributed by atoms with van der Waals surface area (Å²) in [5.74, 6) is -1.29. The van der Waals surface area contributed by atoms with E-state index in [0.717, 1.165) is 12.1 Å². The number of alkyl halides is 4.